The summed E-state index contributed by atoms with van der Waals surface area (Å²) in [5, 5.41) is 0. The van der Waals surface area contributed by atoms with Gasteiger partial charge in [0.1, 0.15) is 17.2 Å². The molecule has 1 aromatic carbocycles. The summed E-state index contributed by atoms with van der Waals surface area (Å²) in [6.07, 6.45) is 0.131. The summed E-state index contributed by atoms with van der Waals surface area (Å²) >= 11 is 0. The Bertz CT molecular complexity index is 533. The number of benzene rings is 1. The summed E-state index contributed by atoms with van der Waals surface area (Å²) in [6, 6.07) is 5.50. The van der Waals surface area contributed by atoms with Gasteiger partial charge in [-0.2, -0.15) is 0 Å². The average molecular weight is 293 g/mol. The molecule has 1 saturated heterocycles. The Kier molecular flexibility index (Phi) is 4.30. The molecular formula is C16H20FNO3. The third-order valence-electron chi connectivity index (χ3n) is 3.31. The highest BCUT2D eigenvalue weighted by Crippen LogP contribution is 2.30. The van der Waals surface area contributed by atoms with Crippen LogP contribution >= 0.6 is 0 Å². The monoisotopic (exact) mass is 293 g/mol. The van der Waals surface area contributed by atoms with Gasteiger partial charge < -0.3 is 9.64 Å². The number of halogens is 1. The van der Waals surface area contributed by atoms with Gasteiger partial charge in [0.15, 0.2) is 0 Å². The Balaban J connectivity index is 2.23. The molecule has 0 unspecified atom stereocenters. The molecule has 1 fully saturated rings. The lowest BCUT2D eigenvalue weighted by Crippen LogP contribution is -2.43. The van der Waals surface area contributed by atoms with Crippen molar-refractivity contribution >= 4 is 11.9 Å². The van der Waals surface area contributed by atoms with Crippen LogP contribution in [0, 0.1) is 5.82 Å². The van der Waals surface area contributed by atoms with Crippen LogP contribution in [-0.2, 0) is 9.53 Å². The number of carbonyl (C=O) groups excluding carboxylic acids is 2. The predicted octanol–water partition coefficient (Wildman–Crippen LogP) is 3.47. The number of amides is 1. The molecule has 4 nitrogen and oxygen atoms in total. The van der Waals surface area contributed by atoms with Gasteiger partial charge in [0.05, 0.1) is 6.04 Å². The van der Waals surface area contributed by atoms with Gasteiger partial charge in [-0.3, -0.25) is 4.79 Å². The summed E-state index contributed by atoms with van der Waals surface area (Å²) in [7, 11) is 0. The topological polar surface area (TPSA) is 46.6 Å². The zero-order valence-corrected chi connectivity index (χ0v) is 12.6. The second-order valence-electron chi connectivity index (χ2n) is 6.23. The Morgan fingerprint density at radius 1 is 1.29 bits per heavy atom. The molecule has 1 aliphatic rings. The number of likely N-dealkylation sites (tertiary alicyclic amines) is 1. The van der Waals surface area contributed by atoms with Crippen molar-refractivity contribution in [1.29, 1.82) is 0 Å². The molecule has 0 bridgehead atoms. The van der Waals surface area contributed by atoms with Gasteiger partial charge in [-0.05, 0) is 38.5 Å². The summed E-state index contributed by atoms with van der Waals surface area (Å²) in [5.41, 5.74) is 0.154. The number of carbonyl (C=O) groups is 2. The second-order valence-corrected chi connectivity index (χ2v) is 6.23. The van der Waals surface area contributed by atoms with Crippen molar-refractivity contribution in [2.75, 3.05) is 6.54 Å². The third-order valence-corrected chi connectivity index (χ3v) is 3.31. The van der Waals surface area contributed by atoms with E-state index in [-0.39, 0.29) is 24.1 Å². The highest BCUT2D eigenvalue weighted by molar-refractivity contribution is 5.82. The smallest absolute Gasteiger partial charge is 0.410 e. The van der Waals surface area contributed by atoms with E-state index in [0.717, 1.165) is 5.56 Å². The van der Waals surface area contributed by atoms with Crippen LogP contribution in [0.4, 0.5) is 9.18 Å². The van der Waals surface area contributed by atoms with Gasteiger partial charge >= 0.3 is 6.09 Å². The van der Waals surface area contributed by atoms with E-state index in [2.05, 4.69) is 0 Å². The van der Waals surface area contributed by atoms with Gasteiger partial charge in [-0.25, -0.2) is 9.18 Å². The van der Waals surface area contributed by atoms with Gasteiger partial charge in [-0.1, -0.05) is 12.1 Å². The van der Waals surface area contributed by atoms with E-state index < -0.39 is 11.7 Å². The molecule has 2 rings (SSSR count). The number of piperidine rings is 1. The lowest BCUT2D eigenvalue weighted by atomic mass is 9.95. The van der Waals surface area contributed by atoms with E-state index in [1.54, 1.807) is 37.8 Å². The van der Waals surface area contributed by atoms with E-state index >= 15 is 0 Å². The van der Waals surface area contributed by atoms with Crippen LogP contribution < -0.4 is 0 Å². The summed E-state index contributed by atoms with van der Waals surface area (Å²) in [6.45, 7) is 5.72. The van der Waals surface area contributed by atoms with Crippen molar-refractivity contribution in [3.8, 4) is 0 Å². The maximum Gasteiger partial charge on any atom is 0.410 e. The molecule has 0 spiro atoms. The quantitative estimate of drug-likeness (QED) is 0.796. The Morgan fingerprint density at radius 2 is 1.90 bits per heavy atom. The average Bonchev–Trinajstić information content (AvgIpc) is 2.37. The maximum absolute atomic E-state index is 13.0. The number of rotatable bonds is 1. The van der Waals surface area contributed by atoms with E-state index in [9.17, 15) is 14.0 Å². The molecule has 0 aromatic heterocycles. The molecule has 114 valence electrons. The predicted molar refractivity (Wildman–Crippen MR) is 76.3 cm³/mol. The summed E-state index contributed by atoms with van der Waals surface area (Å²) in [5.74, 6) is -0.242. The fraction of sp³-hybridized carbons (Fsp3) is 0.500. The van der Waals surface area contributed by atoms with Crippen LogP contribution in [0.2, 0.25) is 0 Å². The largest absolute Gasteiger partial charge is 0.444 e. The lowest BCUT2D eigenvalue weighted by Gasteiger charge is -2.36. The van der Waals surface area contributed by atoms with E-state index in [4.69, 9.17) is 4.74 Å². The van der Waals surface area contributed by atoms with Gasteiger partial charge in [0.2, 0.25) is 0 Å². The standard InChI is InChI=1S/C16H20FNO3/c1-16(2,3)21-15(20)18-9-8-13(19)10-14(18)11-4-6-12(17)7-5-11/h4-7,14H,8-10H2,1-3H3/t14-/m0/s1. The van der Waals surface area contributed by atoms with E-state index in [0.29, 0.717) is 13.0 Å². The second kappa shape index (κ2) is 5.84. The number of ether oxygens (including phenoxy) is 1. The molecule has 0 radical (unpaired) electrons. The molecule has 1 atom stereocenters. The van der Waals surface area contributed by atoms with E-state index in [1.165, 1.54) is 12.1 Å². The van der Waals surface area contributed by atoms with Crippen LogP contribution in [0.3, 0.4) is 0 Å². The van der Waals surface area contributed by atoms with Gasteiger partial charge in [0.25, 0.3) is 0 Å². The van der Waals surface area contributed by atoms with Crippen molar-refractivity contribution in [2.45, 2.75) is 45.3 Å². The summed E-state index contributed by atoms with van der Waals surface area (Å²) in [4.78, 5) is 25.6. The molecule has 1 aliphatic heterocycles. The first-order valence-corrected chi connectivity index (χ1v) is 7.03. The minimum atomic E-state index is -0.591. The molecule has 1 amide bonds. The number of hydrogen-bond acceptors (Lipinski definition) is 3. The zero-order valence-electron chi connectivity index (χ0n) is 12.6. The maximum atomic E-state index is 13.0. The normalized spacial score (nSPS) is 19.5. The molecule has 1 aromatic rings. The van der Waals surface area contributed by atoms with Crippen molar-refractivity contribution in [2.24, 2.45) is 0 Å². The minimum absolute atomic E-state index is 0.101. The fourth-order valence-corrected chi connectivity index (χ4v) is 2.35. The van der Waals surface area contributed by atoms with Crippen molar-refractivity contribution < 1.29 is 18.7 Å². The first kappa shape index (κ1) is 15.5. The van der Waals surface area contributed by atoms with E-state index in [1.807, 2.05) is 0 Å². The number of hydrogen-bond donors (Lipinski definition) is 0. The minimum Gasteiger partial charge on any atom is -0.444 e. The number of ketones is 1. The van der Waals surface area contributed by atoms with Crippen LogP contribution in [-0.4, -0.2) is 28.9 Å². The van der Waals surface area contributed by atoms with Crippen LogP contribution in [0.5, 0.6) is 0 Å². The van der Waals surface area contributed by atoms with Gasteiger partial charge in [-0.15, -0.1) is 0 Å². The molecule has 1 heterocycles. The van der Waals surface area contributed by atoms with Crippen LogP contribution in [0.1, 0.15) is 45.2 Å². The third kappa shape index (κ3) is 4.03. The SMILES string of the molecule is CC(C)(C)OC(=O)N1CCC(=O)C[C@H]1c1ccc(F)cc1. The van der Waals surface area contributed by atoms with Crippen LogP contribution in [0.15, 0.2) is 24.3 Å². The lowest BCUT2D eigenvalue weighted by molar-refractivity contribution is -0.123. The van der Waals surface area contributed by atoms with Gasteiger partial charge in [0, 0.05) is 19.4 Å². The highest BCUT2D eigenvalue weighted by atomic mass is 19.1. The number of nitrogens with zero attached hydrogens (tertiary/aromatic N) is 1. The molecule has 21 heavy (non-hydrogen) atoms. The van der Waals surface area contributed by atoms with Crippen molar-refractivity contribution in [1.82, 2.24) is 4.90 Å². The first-order valence-electron chi connectivity index (χ1n) is 7.03. The Hall–Kier alpha value is -1.91. The zero-order chi connectivity index (χ0) is 15.6. The molecule has 0 aliphatic carbocycles. The highest BCUT2D eigenvalue weighted by Gasteiger charge is 2.34. The van der Waals surface area contributed by atoms with Crippen molar-refractivity contribution in [3.63, 3.8) is 0 Å². The molecular weight excluding hydrogens is 273 g/mol. The Labute approximate surface area is 123 Å². The van der Waals surface area contributed by atoms with Crippen LogP contribution in [0.25, 0.3) is 0 Å². The fourth-order valence-electron chi connectivity index (χ4n) is 2.35. The Morgan fingerprint density at radius 3 is 2.48 bits per heavy atom. The van der Waals surface area contributed by atoms with Crippen molar-refractivity contribution in [3.05, 3.63) is 35.6 Å². The summed E-state index contributed by atoms with van der Waals surface area (Å²) < 4.78 is 18.4. The number of Topliss-reactive ketones (excluding diaryl/α,β-unsaturated/α-hetero) is 1. The molecule has 0 saturated carbocycles. The molecule has 0 N–H and O–H groups in total. The first-order chi connectivity index (χ1) is 9.76. The molecule has 5 heteroatoms.